The van der Waals surface area contributed by atoms with Crippen molar-refractivity contribution in [1.29, 1.82) is 0 Å². The molecule has 5 heteroatoms. The number of pyridine rings is 1. The van der Waals surface area contributed by atoms with E-state index in [9.17, 15) is 4.79 Å². The van der Waals surface area contributed by atoms with E-state index in [1.54, 1.807) is 6.92 Å². The highest BCUT2D eigenvalue weighted by Gasteiger charge is 2.31. The number of ketones is 1. The third-order valence-corrected chi connectivity index (χ3v) is 6.41. The van der Waals surface area contributed by atoms with Crippen molar-refractivity contribution < 1.29 is 14.3 Å². The van der Waals surface area contributed by atoms with Gasteiger partial charge in [0, 0.05) is 34.6 Å². The van der Waals surface area contributed by atoms with Crippen LogP contribution in [0, 0.1) is 6.92 Å². The molecule has 1 aliphatic rings. The first kappa shape index (κ1) is 22.4. The smallest absolute Gasteiger partial charge is 0.163 e. The second-order valence-corrected chi connectivity index (χ2v) is 10.0. The first-order chi connectivity index (χ1) is 16.2. The van der Waals surface area contributed by atoms with Crippen LogP contribution in [0.5, 0.6) is 5.75 Å². The zero-order chi connectivity index (χ0) is 24.2. The van der Waals surface area contributed by atoms with E-state index in [1.807, 2.05) is 52.1 Å². The minimum atomic E-state index is -0.720. The van der Waals surface area contributed by atoms with Crippen molar-refractivity contribution in [1.82, 2.24) is 4.98 Å². The largest absolute Gasteiger partial charge is 0.493 e. The molecule has 1 atom stereocenters. The summed E-state index contributed by atoms with van der Waals surface area (Å²) in [5.74, 6) is 0.807. The third kappa shape index (κ3) is 3.70. The Morgan fingerprint density at radius 2 is 1.94 bits per heavy atom. The van der Waals surface area contributed by atoms with E-state index in [1.165, 1.54) is 5.56 Å². The average Bonchev–Trinajstić information content (AvgIpc) is 2.78. The van der Waals surface area contributed by atoms with Crippen molar-refractivity contribution in [2.45, 2.75) is 52.7 Å². The number of nitrogen functional groups attached to an aromatic ring is 1. The van der Waals surface area contributed by atoms with Gasteiger partial charge in [-0.1, -0.05) is 12.1 Å². The van der Waals surface area contributed by atoms with Crippen LogP contribution in [0.4, 0.5) is 5.69 Å². The number of carbonyl (C=O) groups excluding carboxylic acids is 1. The minimum absolute atomic E-state index is 0.0402. The van der Waals surface area contributed by atoms with Crippen LogP contribution in [-0.2, 0) is 16.0 Å². The Kier molecular flexibility index (Phi) is 5.33. The summed E-state index contributed by atoms with van der Waals surface area (Å²) in [4.78, 5) is 17.8. The molecule has 1 aromatic heterocycles. The summed E-state index contributed by atoms with van der Waals surface area (Å²) in [6.45, 7) is 10.2. The molecular formula is C29H30N2O3. The fraction of sp³-hybridized carbons (Fsp3) is 0.310. The van der Waals surface area contributed by atoms with E-state index in [0.717, 1.165) is 56.1 Å². The van der Waals surface area contributed by atoms with E-state index < -0.39 is 11.7 Å². The normalized spacial score (nSPS) is 14.3. The zero-order valence-electron chi connectivity index (χ0n) is 20.4. The molecule has 2 N–H and O–H groups in total. The molecule has 0 saturated carbocycles. The van der Waals surface area contributed by atoms with Gasteiger partial charge in [0.15, 0.2) is 5.78 Å². The summed E-state index contributed by atoms with van der Waals surface area (Å²) in [7, 11) is 0. The lowest BCUT2D eigenvalue weighted by molar-refractivity contribution is -0.138. The molecule has 5 nitrogen and oxygen atoms in total. The molecule has 3 aromatic carbocycles. The Labute approximate surface area is 199 Å². The number of nitrogens with two attached hydrogens (primary N) is 1. The van der Waals surface area contributed by atoms with Gasteiger partial charge >= 0.3 is 0 Å². The van der Waals surface area contributed by atoms with Crippen LogP contribution in [0.3, 0.4) is 0 Å². The third-order valence-electron chi connectivity index (χ3n) is 6.41. The predicted molar refractivity (Wildman–Crippen MR) is 137 cm³/mol. The topological polar surface area (TPSA) is 74.4 Å². The van der Waals surface area contributed by atoms with E-state index in [-0.39, 0.29) is 5.78 Å². The van der Waals surface area contributed by atoms with Crippen molar-refractivity contribution >= 4 is 33.1 Å². The number of nitrogens with zero attached hydrogens (tertiary/aromatic N) is 1. The molecule has 0 saturated heterocycles. The molecule has 2 heterocycles. The van der Waals surface area contributed by atoms with E-state index in [2.05, 4.69) is 24.3 Å². The van der Waals surface area contributed by atoms with Crippen LogP contribution in [0.2, 0.25) is 0 Å². The summed E-state index contributed by atoms with van der Waals surface area (Å²) >= 11 is 0. The second-order valence-electron chi connectivity index (χ2n) is 10.0. The molecule has 0 amide bonds. The van der Waals surface area contributed by atoms with E-state index in [4.69, 9.17) is 20.2 Å². The van der Waals surface area contributed by atoms with Crippen molar-refractivity contribution in [2.24, 2.45) is 0 Å². The summed E-state index contributed by atoms with van der Waals surface area (Å²) < 4.78 is 12.3. The van der Waals surface area contributed by atoms with Gasteiger partial charge in [0.2, 0.25) is 0 Å². The van der Waals surface area contributed by atoms with Gasteiger partial charge in [0.25, 0.3) is 0 Å². The molecule has 174 valence electrons. The predicted octanol–water partition coefficient (Wildman–Crippen LogP) is 6.33. The highest BCUT2D eigenvalue weighted by molar-refractivity contribution is 6.11. The molecule has 5 rings (SSSR count). The molecule has 34 heavy (non-hydrogen) atoms. The molecule has 1 unspecified atom stereocenters. The lowest BCUT2D eigenvalue weighted by atomic mass is 9.84. The number of fused-ring (bicyclic) bond motifs is 1. The Hall–Kier alpha value is -3.44. The molecule has 0 spiro atoms. The molecule has 0 bridgehead atoms. The SMILES string of the molecule is CC(=O)C(OC(C)(C)C)c1c(C)cc2c(N)cccc2c1-c1ccc2c3c(ccnc13)CCO2. The molecule has 4 aromatic rings. The van der Waals surface area contributed by atoms with Gasteiger partial charge in [-0.3, -0.25) is 9.78 Å². The van der Waals surface area contributed by atoms with Gasteiger partial charge in [0.05, 0.1) is 17.7 Å². The monoisotopic (exact) mass is 454 g/mol. The lowest BCUT2D eigenvalue weighted by Crippen LogP contribution is -2.27. The number of hydrogen-bond acceptors (Lipinski definition) is 5. The van der Waals surface area contributed by atoms with Gasteiger partial charge in [-0.05, 0) is 92.6 Å². The van der Waals surface area contributed by atoms with Crippen LogP contribution in [-0.4, -0.2) is 23.0 Å². The van der Waals surface area contributed by atoms with Crippen LogP contribution in [0.15, 0.2) is 48.7 Å². The first-order valence-corrected chi connectivity index (χ1v) is 11.7. The summed E-state index contributed by atoms with van der Waals surface area (Å²) in [6, 6.07) is 14.1. The van der Waals surface area contributed by atoms with Gasteiger partial charge in [-0.2, -0.15) is 0 Å². The lowest BCUT2D eigenvalue weighted by Gasteiger charge is -2.30. The van der Waals surface area contributed by atoms with Crippen molar-refractivity contribution in [2.75, 3.05) is 12.3 Å². The fourth-order valence-electron chi connectivity index (χ4n) is 5.03. The molecule has 0 radical (unpaired) electrons. The van der Waals surface area contributed by atoms with Crippen molar-refractivity contribution in [3.8, 4) is 16.9 Å². The number of aromatic nitrogens is 1. The van der Waals surface area contributed by atoms with Gasteiger partial charge in [0.1, 0.15) is 11.9 Å². The number of rotatable bonds is 4. The Morgan fingerprint density at radius 3 is 2.68 bits per heavy atom. The maximum absolute atomic E-state index is 13.0. The van der Waals surface area contributed by atoms with Crippen LogP contribution in [0.1, 0.15) is 50.5 Å². The van der Waals surface area contributed by atoms with Crippen molar-refractivity contribution in [3.63, 3.8) is 0 Å². The van der Waals surface area contributed by atoms with Crippen molar-refractivity contribution in [3.05, 3.63) is 65.4 Å². The number of ether oxygens (including phenoxy) is 2. The molecule has 0 aliphatic carbocycles. The highest BCUT2D eigenvalue weighted by atomic mass is 16.5. The number of aryl methyl sites for hydroxylation is 1. The maximum atomic E-state index is 13.0. The number of Topliss-reactive ketones (excluding diaryl/α,β-unsaturated/α-hetero) is 1. The molecular weight excluding hydrogens is 424 g/mol. The Morgan fingerprint density at radius 1 is 1.15 bits per heavy atom. The minimum Gasteiger partial charge on any atom is -0.493 e. The molecule has 0 fully saturated rings. The Bertz CT molecular complexity index is 1440. The first-order valence-electron chi connectivity index (χ1n) is 11.7. The second kappa shape index (κ2) is 8.10. The standard InChI is InChI=1S/C29H30N2O3/c1-16-15-21-19(7-6-8-22(21)30)26(24(16)28(17(2)32)34-29(3,4)5)20-9-10-23-25-18(12-14-33-23)11-13-31-27(20)25/h6-11,13,15,28H,12,14,30H2,1-5H3. The quantitative estimate of drug-likeness (QED) is 0.365. The van der Waals surface area contributed by atoms with Crippen LogP contribution < -0.4 is 10.5 Å². The number of carbonyl (C=O) groups is 1. The molecule has 1 aliphatic heterocycles. The summed E-state index contributed by atoms with van der Waals surface area (Å²) in [5.41, 5.74) is 12.4. The highest BCUT2D eigenvalue weighted by Crippen LogP contribution is 2.45. The number of hydrogen-bond donors (Lipinski definition) is 1. The van der Waals surface area contributed by atoms with Crippen LogP contribution in [0.25, 0.3) is 32.8 Å². The average molecular weight is 455 g/mol. The van der Waals surface area contributed by atoms with Gasteiger partial charge < -0.3 is 15.2 Å². The Balaban J connectivity index is 1.93. The summed E-state index contributed by atoms with van der Waals surface area (Å²) in [5, 5.41) is 2.96. The number of anilines is 1. The van der Waals surface area contributed by atoms with E-state index in [0.29, 0.717) is 12.3 Å². The van der Waals surface area contributed by atoms with Crippen LogP contribution >= 0.6 is 0 Å². The van der Waals surface area contributed by atoms with Gasteiger partial charge in [-0.25, -0.2) is 0 Å². The fourth-order valence-corrected chi connectivity index (χ4v) is 5.03. The zero-order valence-corrected chi connectivity index (χ0v) is 20.4. The van der Waals surface area contributed by atoms with E-state index >= 15 is 0 Å². The summed E-state index contributed by atoms with van der Waals surface area (Å²) in [6.07, 6.45) is 1.98. The van der Waals surface area contributed by atoms with Gasteiger partial charge in [-0.15, -0.1) is 0 Å². The number of benzene rings is 3. The maximum Gasteiger partial charge on any atom is 0.163 e.